The zero-order valence-electron chi connectivity index (χ0n) is 17.5. The minimum atomic E-state index is -5.62. The van der Waals surface area contributed by atoms with Gasteiger partial charge in [-0.2, -0.15) is 0 Å². The molecule has 0 aromatic rings. The van der Waals surface area contributed by atoms with Crippen molar-refractivity contribution in [3.8, 4) is 0 Å². The molecule has 0 aliphatic rings. The molecular formula is C16H36CeMn2NO8-. The Morgan fingerprint density at radius 1 is 0.536 bits per heavy atom. The van der Waals surface area contributed by atoms with Gasteiger partial charge in [-0.3, -0.25) is 0 Å². The van der Waals surface area contributed by atoms with Crippen molar-refractivity contribution in [3.63, 3.8) is 0 Å². The van der Waals surface area contributed by atoms with Crippen LogP contribution in [0.4, 0.5) is 0 Å². The summed E-state index contributed by atoms with van der Waals surface area (Å²) < 4.78 is 70.0. The fourth-order valence-corrected chi connectivity index (χ4v) is 2.64. The molecule has 0 saturated carbocycles. The van der Waals surface area contributed by atoms with Gasteiger partial charge >= 0.3 is 57.3 Å². The summed E-state index contributed by atoms with van der Waals surface area (Å²) in [5.74, 6) is 0. The van der Waals surface area contributed by atoms with Crippen LogP contribution >= 0.6 is 0 Å². The average molecular weight is 620 g/mol. The van der Waals surface area contributed by atoms with Gasteiger partial charge in [-0.15, -0.1) is 0 Å². The molecule has 0 aromatic heterocycles. The van der Waals surface area contributed by atoms with Crippen molar-refractivity contribution in [2.24, 2.45) is 0 Å². The third-order valence-electron chi connectivity index (χ3n) is 3.94. The van der Waals surface area contributed by atoms with Crippen LogP contribution in [-0.2, 0) is 48.9 Å². The molecule has 0 fully saturated rings. The van der Waals surface area contributed by atoms with Crippen molar-refractivity contribution >= 4 is 0 Å². The molecule has 0 aliphatic carbocycles. The molecule has 0 heterocycles. The normalized spacial score (nSPS) is 11.4. The van der Waals surface area contributed by atoms with E-state index in [1.54, 1.807) is 0 Å². The monoisotopic (exact) mass is 620 g/mol. The molecule has 0 spiro atoms. The Kier molecular flexibility index (Phi) is 27.8. The van der Waals surface area contributed by atoms with Crippen molar-refractivity contribution in [3.05, 3.63) is 0 Å². The molecule has 0 N–H and O–H groups in total. The Labute approximate surface area is 206 Å². The van der Waals surface area contributed by atoms with Crippen LogP contribution in [-0.4, -0.2) is 30.7 Å². The zero-order chi connectivity index (χ0) is 22.0. The zero-order valence-corrected chi connectivity index (χ0v) is 23.0. The second kappa shape index (κ2) is 21.3. The van der Waals surface area contributed by atoms with E-state index in [9.17, 15) is 0 Å². The first-order valence-corrected chi connectivity index (χ1v) is 13.2. The van der Waals surface area contributed by atoms with Gasteiger partial charge in [0.1, 0.15) is 0 Å². The van der Waals surface area contributed by atoms with Gasteiger partial charge in [0.25, 0.3) is 0 Å². The summed E-state index contributed by atoms with van der Waals surface area (Å²) >= 11 is -11.2. The second-order valence-corrected chi connectivity index (χ2v) is 8.77. The summed E-state index contributed by atoms with van der Waals surface area (Å²) in [6, 6.07) is 0. The molecular weight excluding hydrogens is 584 g/mol. The number of rotatable bonds is 12. The molecule has 9 nitrogen and oxygen atoms in total. The van der Waals surface area contributed by atoms with Crippen LogP contribution in [0.5, 0.6) is 0 Å². The van der Waals surface area contributed by atoms with E-state index in [4.69, 9.17) is 31.4 Å². The summed E-state index contributed by atoms with van der Waals surface area (Å²) in [4.78, 5) is 0. The maximum absolute atomic E-state index is 8.58. The number of nitrogens with zero attached hydrogens (tertiary/aromatic N) is 1. The van der Waals surface area contributed by atoms with Crippen LogP contribution in [0.25, 0.3) is 0 Å². The maximum atomic E-state index is 8.58. The van der Waals surface area contributed by atoms with E-state index in [0.717, 1.165) is 0 Å². The van der Waals surface area contributed by atoms with Crippen LogP contribution in [0.3, 0.4) is 0 Å². The van der Waals surface area contributed by atoms with E-state index >= 15 is 0 Å². The molecule has 0 unspecified atom stereocenters. The fraction of sp³-hybridized carbons (Fsp3) is 1.00. The Bertz CT molecular complexity index is 545. The molecule has 172 valence electrons. The van der Waals surface area contributed by atoms with Gasteiger partial charge in [-0.25, -0.2) is 0 Å². The van der Waals surface area contributed by atoms with Gasteiger partial charge in [0.2, 0.25) is 0 Å². The van der Waals surface area contributed by atoms with Crippen LogP contribution in [0, 0.1) is 41.7 Å². The van der Waals surface area contributed by atoms with E-state index in [2.05, 4.69) is 27.7 Å². The molecule has 12 heteroatoms. The van der Waals surface area contributed by atoms with Gasteiger partial charge in [0.05, 0.1) is 26.2 Å². The van der Waals surface area contributed by atoms with Gasteiger partial charge in [0, 0.05) is 41.7 Å². The van der Waals surface area contributed by atoms with E-state index < -0.39 is 25.9 Å². The first-order chi connectivity index (χ1) is 12.2. The van der Waals surface area contributed by atoms with Crippen molar-refractivity contribution in [2.45, 2.75) is 79.1 Å². The van der Waals surface area contributed by atoms with Gasteiger partial charge in [0.15, 0.2) is 0 Å². The van der Waals surface area contributed by atoms with E-state index in [0.29, 0.717) is 0 Å². The van der Waals surface area contributed by atoms with E-state index in [-0.39, 0.29) is 41.7 Å². The predicted molar refractivity (Wildman–Crippen MR) is 83.5 cm³/mol. The third kappa shape index (κ3) is 41.5. The quantitative estimate of drug-likeness (QED) is 0.237. The second-order valence-electron chi connectivity index (χ2n) is 6.41. The Morgan fingerprint density at radius 2 is 0.679 bits per heavy atom. The predicted octanol–water partition coefficient (Wildman–Crippen LogP) is 1.91. The summed E-state index contributed by atoms with van der Waals surface area (Å²) in [6.07, 6.45) is 11.1. The number of hydrogen-bond donors (Lipinski definition) is 0. The fourth-order valence-electron chi connectivity index (χ4n) is 2.64. The Morgan fingerprint density at radius 3 is 0.786 bits per heavy atom. The summed E-state index contributed by atoms with van der Waals surface area (Å²) in [6.45, 7) is 15.0. The third-order valence-corrected chi connectivity index (χ3v) is 3.94. The molecule has 0 radical (unpaired) electrons. The summed E-state index contributed by atoms with van der Waals surface area (Å²) in [7, 11) is 0. The minimum absolute atomic E-state index is 0. The first kappa shape index (κ1) is 36.5. The average Bonchev–Trinajstić information content (AvgIpc) is 2.50. The van der Waals surface area contributed by atoms with Crippen molar-refractivity contribution in [1.29, 1.82) is 0 Å². The molecule has 28 heavy (non-hydrogen) atoms. The van der Waals surface area contributed by atoms with Crippen LogP contribution in [0.15, 0.2) is 0 Å². The number of quaternary nitrogens is 1. The van der Waals surface area contributed by atoms with E-state index in [1.807, 2.05) is 0 Å². The molecule has 0 aliphatic heterocycles. The molecule has 0 amide bonds. The Hall–Kier alpha value is 1.10. The molecule has 0 rings (SSSR count). The van der Waals surface area contributed by atoms with Crippen molar-refractivity contribution in [2.75, 3.05) is 26.2 Å². The number of hydrogen-bond acceptors (Lipinski definition) is 8. The first-order valence-electron chi connectivity index (χ1n) is 9.33. The van der Waals surface area contributed by atoms with Crippen molar-refractivity contribution < 1.29 is 104 Å². The van der Waals surface area contributed by atoms with Crippen LogP contribution < -0.4 is 8.38 Å². The SMILES string of the molecule is CCCC[N+](CCCC)(CCCC)CCCC.[Ce].[O]=[Mn](=[O])(=[O])[O-].[O]=[Mn](=[O])(=[O])[O-]. The van der Waals surface area contributed by atoms with Crippen LogP contribution in [0.2, 0.25) is 0 Å². The molecule has 0 aromatic carbocycles. The van der Waals surface area contributed by atoms with Gasteiger partial charge in [-0.1, -0.05) is 53.4 Å². The van der Waals surface area contributed by atoms with E-state index in [1.165, 1.54) is 82.0 Å². The Balaban J connectivity index is -0.000000216. The molecule has 0 saturated heterocycles. The van der Waals surface area contributed by atoms with Gasteiger partial charge < -0.3 is 4.48 Å². The van der Waals surface area contributed by atoms with Crippen molar-refractivity contribution in [1.82, 2.24) is 0 Å². The summed E-state index contributed by atoms with van der Waals surface area (Å²) in [5, 5.41) is 0. The standard InChI is InChI=1S/C16H36N.Ce.2Mn.8O/c1-5-9-13-17(14-10-6-2,15-11-7-3)16-12-8-4;;;;;;;;;;;/h5-16H2,1-4H3;;;;;;;;;;;/q+1;;;;;;;;;;2*-1. The van der Waals surface area contributed by atoms with Crippen LogP contribution in [0.1, 0.15) is 79.1 Å². The number of unbranched alkanes of at least 4 members (excludes halogenated alkanes) is 4. The molecule has 0 bridgehead atoms. The molecule has 0 atom stereocenters. The topological polar surface area (TPSA) is 149 Å². The van der Waals surface area contributed by atoms with Gasteiger partial charge in [-0.05, 0) is 25.7 Å². The summed E-state index contributed by atoms with van der Waals surface area (Å²) in [5.41, 5.74) is 0.